The van der Waals surface area contributed by atoms with Gasteiger partial charge in [0.1, 0.15) is 5.76 Å². The number of furan rings is 1. The number of anilines is 1. The van der Waals surface area contributed by atoms with E-state index in [2.05, 4.69) is 29.2 Å². The zero-order valence-corrected chi connectivity index (χ0v) is 10.4. The van der Waals surface area contributed by atoms with Crippen LogP contribution in [-0.2, 0) is 6.54 Å². The van der Waals surface area contributed by atoms with Gasteiger partial charge in [-0.3, -0.25) is 0 Å². The summed E-state index contributed by atoms with van der Waals surface area (Å²) in [4.78, 5) is 2.38. The number of nitrogens with zero attached hydrogens (tertiary/aromatic N) is 1. The molecule has 0 aliphatic carbocycles. The van der Waals surface area contributed by atoms with Crippen LogP contribution < -0.4 is 10.6 Å². The van der Waals surface area contributed by atoms with Gasteiger partial charge in [0.25, 0.3) is 0 Å². The highest BCUT2D eigenvalue weighted by atomic mass is 16.3. The highest BCUT2D eigenvalue weighted by molar-refractivity contribution is 5.60. The molecule has 0 bridgehead atoms. The number of hydrogen-bond donors (Lipinski definition) is 1. The molecule has 1 aromatic heterocycles. The monoisotopic (exact) mass is 242 g/mol. The molecule has 0 saturated carbocycles. The molecule has 18 heavy (non-hydrogen) atoms. The summed E-state index contributed by atoms with van der Waals surface area (Å²) >= 11 is 0. The molecular formula is C15H18N2O. The van der Waals surface area contributed by atoms with Crippen molar-refractivity contribution in [1.82, 2.24) is 0 Å². The lowest BCUT2D eigenvalue weighted by Crippen LogP contribution is -2.21. The summed E-state index contributed by atoms with van der Waals surface area (Å²) in [5.74, 6) is 1.57. The van der Waals surface area contributed by atoms with Crippen LogP contribution in [0.4, 0.5) is 5.69 Å². The number of nitrogens with two attached hydrogens (primary N) is 1. The molecule has 2 aromatic rings. The van der Waals surface area contributed by atoms with Gasteiger partial charge in [0, 0.05) is 18.2 Å². The summed E-state index contributed by atoms with van der Waals surface area (Å²) in [5, 5.41) is 0. The van der Waals surface area contributed by atoms with E-state index in [-0.39, 0.29) is 0 Å². The molecule has 94 valence electrons. The largest absolute Gasteiger partial charge is 0.467 e. The predicted octanol–water partition coefficient (Wildman–Crippen LogP) is 2.73. The van der Waals surface area contributed by atoms with Crippen LogP contribution in [-0.4, -0.2) is 13.1 Å². The fourth-order valence-electron chi connectivity index (χ4n) is 2.77. The van der Waals surface area contributed by atoms with Gasteiger partial charge in [0.2, 0.25) is 0 Å². The van der Waals surface area contributed by atoms with E-state index in [1.807, 2.05) is 12.1 Å². The highest BCUT2D eigenvalue weighted by Crippen LogP contribution is 2.38. The lowest BCUT2D eigenvalue weighted by atomic mass is 9.98. The van der Waals surface area contributed by atoms with Gasteiger partial charge in [0.15, 0.2) is 0 Å². The zero-order valence-electron chi connectivity index (χ0n) is 10.4. The minimum Gasteiger partial charge on any atom is -0.467 e. The third-order valence-corrected chi connectivity index (χ3v) is 3.60. The summed E-state index contributed by atoms with van der Waals surface area (Å²) in [5.41, 5.74) is 8.46. The van der Waals surface area contributed by atoms with Crippen LogP contribution in [0.5, 0.6) is 0 Å². The maximum atomic E-state index is 5.71. The van der Waals surface area contributed by atoms with Crippen molar-refractivity contribution in [1.29, 1.82) is 0 Å². The van der Waals surface area contributed by atoms with Crippen molar-refractivity contribution in [3.63, 3.8) is 0 Å². The van der Waals surface area contributed by atoms with Crippen LogP contribution in [0, 0.1) is 0 Å². The van der Waals surface area contributed by atoms with Gasteiger partial charge in [-0.15, -0.1) is 0 Å². The molecule has 3 rings (SSSR count). The minimum atomic E-state index is 0.557. The first-order chi connectivity index (χ1) is 8.88. The van der Waals surface area contributed by atoms with Gasteiger partial charge in [-0.05, 0) is 36.7 Å². The van der Waals surface area contributed by atoms with Crippen molar-refractivity contribution in [2.24, 2.45) is 5.73 Å². The molecule has 0 radical (unpaired) electrons. The summed E-state index contributed by atoms with van der Waals surface area (Å²) in [6, 6.07) is 12.6. The number of rotatable bonds is 4. The third-order valence-electron chi connectivity index (χ3n) is 3.60. The Bertz CT molecular complexity index is 507. The first kappa shape index (κ1) is 11.4. The topological polar surface area (TPSA) is 42.4 Å². The highest BCUT2D eigenvalue weighted by Gasteiger charge is 2.27. The first-order valence-corrected chi connectivity index (χ1v) is 6.45. The number of benzene rings is 1. The minimum absolute atomic E-state index is 0.557. The van der Waals surface area contributed by atoms with E-state index in [0.29, 0.717) is 5.92 Å². The SMILES string of the molecule is NCCC1CN(Cc2ccco2)c2ccccc21. The first-order valence-electron chi connectivity index (χ1n) is 6.45. The van der Waals surface area contributed by atoms with Crippen molar-refractivity contribution in [2.45, 2.75) is 18.9 Å². The summed E-state index contributed by atoms with van der Waals surface area (Å²) in [6.07, 6.45) is 2.78. The van der Waals surface area contributed by atoms with E-state index in [1.165, 1.54) is 11.3 Å². The van der Waals surface area contributed by atoms with Crippen LogP contribution in [0.3, 0.4) is 0 Å². The fourth-order valence-corrected chi connectivity index (χ4v) is 2.77. The molecule has 0 saturated heterocycles. The van der Waals surface area contributed by atoms with Gasteiger partial charge >= 0.3 is 0 Å². The number of fused-ring (bicyclic) bond motifs is 1. The van der Waals surface area contributed by atoms with E-state index in [4.69, 9.17) is 10.2 Å². The zero-order chi connectivity index (χ0) is 12.4. The molecule has 1 aliphatic heterocycles. The summed E-state index contributed by atoms with van der Waals surface area (Å²) < 4.78 is 5.44. The van der Waals surface area contributed by atoms with Gasteiger partial charge in [-0.1, -0.05) is 18.2 Å². The molecule has 1 atom stereocenters. The number of hydrogen-bond acceptors (Lipinski definition) is 3. The molecule has 1 aliphatic rings. The second-order valence-electron chi connectivity index (χ2n) is 4.79. The smallest absolute Gasteiger partial charge is 0.123 e. The second kappa shape index (κ2) is 4.86. The van der Waals surface area contributed by atoms with E-state index in [1.54, 1.807) is 6.26 Å². The molecule has 1 aromatic carbocycles. The lowest BCUT2D eigenvalue weighted by Gasteiger charge is -2.18. The van der Waals surface area contributed by atoms with Crippen molar-refractivity contribution in [3.05, 3.63) is 54.0 Å². The maximum absolute atomic E-state index is 5.71. The average molecular weight is 242 g/mol. The Balaban J connectivity index is 1.85. The molecular weight excluding hydrogens is 224 g/mol. The summed E-state index contributed by atoms with van der Waals surface area (Å²) in [6.45, 7) is 2.62. The Morgan fingerprint density at radius 3 is 2.89 bits per heavy atom. The fraction of sp³-hybridized carbons (Fsp3) is 0.333. The van der Waals surface area contributed by atoms with Gasteiger partial charge < -0.3 is 15.1 Å². The average Bonchev–Trinajstić information content (AvgIpc) is 3.00. The lowest BCUT2D eigenvalue weighted by molar-refractivity contribution is 0.500. The van der Waals surface area contributed by atoms with Crippen LogP contribution in [0.1, 0.15) is 23.7 Å². The van der Waals surface area contributed by atoms with E-state index in [0.717, 1.165) is 31.8 Å². The quantitative estimate of drug-likeness (QED) is 0.896. The Morgan fingerprint density at radius 1 is 1.22 bits per heavy atom. The molecule has 1 unspecified atom stereocenters. The van der Waals surface area contributed by atoms with Crippen LogP contribution in [0.15, 0.2) is 47.1 Å². The van der Waals surface area contributed by atoms with Crippen molar-refractivity contribution in [3.8, 4) is 0 Å². The molecule has 3 nitrogen and oxygen atoms in total. The standard InChI is InChI=1S/C15H18N2O/c16-8-7-12-10-17(11-13-4-3-9-18-13)15-6-2-1-5-14(12)15/h1-6,9,12H,7-8,10-11,16H2. The van der Waals surface area contributed by atoms with Gasteiger partial charge in [-0.25, -0.2) is 0 Å². The molecule has 0 fully saturated rings. The Morgan fingerprint density at radius 2 is 2.11 bits per heavy atom. The van der Waals surface area contributed by atoms with Gasteiger partial charge in [0.05, 0.1) is 12.8 Å². The van der Waals surface area contributed by atoms with E-state index in [9.17, 15) is 0 Å². The van der Waals surface area contributed by atoms with E-state index < -0.39 is 0 Å². The van der Waals surface area contributed by atoms with Crippen molar-refractivity contribution < 1.29 is 4.42 Å². The van der Waals surface area contributed by atoms with Crippen LogP contribution in [0.2, 0.25) is 0 Å². The van der Waals surface area contributed by atoms with Gasteiger partial charge in [-0.2, -0.15) is 0 Å². The summed E-state index contributed by atoms with van der Waals surface area (Å²) in [7, 11) is 0. The van der Waals surface area contributed by atoms with Crippen LogP contribution in [0.25, 0.3) is 0 Å². The normalized spacial score (nSPS) is 18.1. The predicted molar refractivity (Wildman–Crippen MR) is 72.6 cm³/mol. The Kier molecular flexibility index (Phi) is 3.07. The van der Waals surface area contributed by atoms with E-state index >= 15 is 0 Å². The molecule has 3 heteroatoms. The number of para-hydroxylation sites is 1. The van der Waals surface area contributed by atoms with Crippen molar-refractivity contribution >= 4 is 5.69 Å². The maximum Gasteiger partial charge on any atom is 0.123 e. The molecule has 0 amide bonds. The van der Waals surface area contributed by atoms with Crippen molar-refractivity contribution in [2.75, 3.05) is 18.0 Å². The second-order valence-corrected chi connectivity index (χ2v) is 4.79. The molecule has 2 N–H and O–H groups in total. The van der Waals surface area contributed by atoms with Crippen LogP contribution >= 0.6 is 0 Å². The third kappa shape index (κ3) is 2.02. The molecule has 2 heterocycles. The Hall–Kier alpha value is -1.74. The molecule has 0 spiro atoms. The Labute approximate surface area is 107 Å².